The molecular weight excluding hydrogens is 268 g/mol. The van der Waals surface area contributed by atoms with Crippen molar-refractivity contribution < 1.29 is 13.2 Å². The summed E-state index contributed by atoms with van der Waals surface area (Å²) in [6.45, 7) is 0.315. The third-order valence-electron chi connectivity index (χ3n) is 2.27. The molecule has 0 bridgehead atoms. The molecule has 0 aliphatic rings. The van der Waals surface area contributed by atoms with Crippen LogP contribution in [0.2, 0.25) is 0 Å². The Morgan fingerprint density at radius 1 is 1.32 bits per heavy atom. The number of sulfonamides is 1. The predicted molar refractivity (Wildman–Crippen MR) is 73.1 cm³/mol. The molecular formula is C11H18N4O3S. The molecule has 1 rings (SSSR count). The van der Waals surface area contributed by atoms with Gasteiger partial charge in [0.1, 0.15) is 0 Å². The van der Waals surface area contributed by atoms with Gasteiger partial charge < -0.3 is 16.0 Å². The zero-order valence-corrected chi connectivity index (χ0v) is 11.7. The molecule has 4 N–H and O–H groups in total. The van der Waals surface area contributed by atoms with Crippen molar-refractivity contribution in [3.63, 3.8) is 0 Å². The second-order valence-corrected chi connectivity index (χ2v) is 5.86. The molecule has 19 heavy (non-hydrogen) atoms. The van der Waals surface area contributed by atoms with Crippen LogP contribution in [0.15, 0.2) is 29.2 Å². The third kappa shape index (κ3) is 4.76. The lowest BCUT2D eigenvalue weighted by Crippen LogP contribution is -2.39. The summed E-state index contributed by atoms with van der Waals surface area (Å²) in [5.74, 6) is 0. The summed E-state index contributed by atoms with van der Waals surface area (Å²) in [4.78, 5) is 12.7. The smallest absolute Gasteiger partial charge is 0.316 e. The van der Waals surface area contributed by atoms with Crippen molar-refractivity contribution in [1.29, 1.82) is 0 Å². The molecule has 7 nitrogen and oxygen atoms in total. The molecule has 0 aromatic heterocycles. The number of nitrogens with zero attached hydrogens (tertiary/aromatic N) is 1. The summed E-state index contributed by atoms with van der Waals surface area (Å²) in [7, 11) is -0.389. The molecule has 8 heteroatoms. The maximum Gasteiger partial charge on any atom is 0.316 e. The van der Waals surface area contributed by atoms with Crippen LogP contribution in [0.4, 0.5) is 10.5 Å². The Morgan fingerprint density at radius 2 is 2.00 bits per heavy atom. The van der Waals surface area contributed by atoms with Crippen LogP contribution in [0.3, 0.4) is 0 Å². The van der Waals surface area contributed by atoms with Gasteiger partial charge in [0, 0.05) is 32.9 Å². The number of carbonyl (C=O) groups excluding carboxylic acids is 1. The van der Waals surface area contributed by atoms with Gasteiger partial charge in [-0.3, -0.25) is 0 Å². The number of anilines is 1. The molecule has 0 saturated carbocycles. The number of nitrogens with two attached hydrogens (primary N) is 1. The molecule has 106 valence electrons. The molecule has 1 aromatic rings. The van der Waals surface area contributed by atoms with Gasteiger partial charge in [-0.1, -0.05) is 6.07 Å². The Hall–Kier alpha value is -1.80. The van der Waals surface area contributed by atoms with Crippen molar-refractivity contribution in [3.05, 3.63) is 24.3 Å². The molecule has 0 unspecified atom stereocenters. The summed E-state index contributed by atoms with van der Waals surface area (Å²) in [6.07, 6.45) is 0. The number of urea groups is 1. The molecule has 0 atom stereocenters. The van der Waals surface area contributed by atoms with Crippen LogP contribution in [-0.2, 0) is 10.0 Å². The second kappa shape index (κ2) is 6.39. The molecule has 1 aromatic carbocycles. The molecule has 0 radical (unpaired) electrons. The van der Waals surface area contributed by atoms with Crippen LogP contribution in [-0.4, -0.2) is 46.5 Å². The van der Waals surface area contributed by atoms with Gasteiger partial charge >= 0.3 is 6.03 Å². The first-order valence-corrected chi connectivity index (χ1v) is 7.11. The summed E-state index contributed by atoms with van der Waals surface area (Å²) in [5, 5.41) is 2.55. The highest BCUT2D eigenvalue weighted by molar-refractivity contribution is 7.89. The number of amides is 2. The van der Waals surface area contributed by atoms with Gasteiger partial charge in [0.15, 0.2) is 0 Å². The van der Waals surface area contributed by atoms with Crippen molar-refractivity contribution in [2.24, 2.45) is 0 Å². The van der Waals surface area contributed by atoms with Crippen LogP contribution < -0.4 is 15.8 Å². The van der Waals surface area contributed by atoms with Gasteiger partial charge in [0.2, 0.25) is 10.0 Å². The predicted octanol–water partition coefficient (Wildman–Crippen LogP) is -0.182. The second-order valence-electron chi connectivity index (χ2n) is 4.10. The molecule has 0 heterocycles. The van der Waals surface area contributed by atoms with E-state index >= 15 is 0 Å². The van der Waals surface area contributed by atoms with Crippen LogP contribution in [0.25, 0.3) is 0 Å². The van der Waals surface area contributed by atoms with Crippen molar-refractivity contribution in [1.82, 2.24) is 14.9 Å². The minimum absolute atomic E-state index is 0.103. The van der Waals surface area contributed by atoms with Crippen LogP contribution >= 0.6 is 0 Å². The Kier molecular flexibility index (Phi) is 5.13. The first-order chi connectivity index (χ1) is 8.83. The normalized spacial score (nSPS) is 11.1. The van der Waals surface area contributed by atoms with Gasteiger partial charge in [0.05, 0.1) is 4.90 Å². The fourth-order valence-corrected chi connectivity index (χ4v) is 2.36. The zero-order chi connectivity index (χ0) is 14.5. The van der Waals surface area contributed by atoms with E-state index in [-0.39, 0.29) is 24.0 Å². The lowest BCUT2D eigenvalue weighted by molar-refractivity contribution is 0.217. The van der Waals surface area contributed by atoms with Crippen molar-refractivity contribution >= 4 is 21.7 Å². The largest absolute Gasteiger partial charge is 0.399 e. The van der Waals surface area contributed by atoms with Gasteiger partial charge in [-0.05, 0) is 18.2 Å². The summed E-state index contributed by atoms with van der Waals surface area (Å²) >= 11 is 0. The maximum atomic E-state index is 11.9. The molecule has 0 aliphatic carbocycles. The number of carbonyl (C=O) groups is 1. The van der Waals surface area contributed by atoms with E-state index in [0.29, 0.717) is 5.69 Å². The van der Waals surface area contributed by atoms with Crippen LogP contribution in [0, 0.1) is 0 Å². The highest BCUT2D eigenvalue weighted by Crippen LogP contribution is 2.11. The molecule has 0 saturated heterocycles. The number of hydrogen-bond donors (Lipinski definition) is 3. The Labute approximate surface area is 112 Å². The van der Waals surface area contributed by atoms with E-state index in [0.717, 1.165) is 0 Å². The first-order valence-electron chi connectivity index (χ1n) is 5.63. The zero-order valence-electron chi connectivity index (χ0n) is 10.9. The lowest BCUT2D eigenvalue weighted by atomic mass is 10.3. The average Bonchev–Trinajstić information content (AvgIpc) is 2.34. The fourth-order valence-electron chi connectivity index (χ4n) is 1.28. The van der Waals surface area contributed by atoms with Gasteiger partial charge in [-0.25, -0.2) is 17.9 Å². The lowest BCUT2D eigenvalue weighted by Gasteiger charge is -2.12. The Balaban J connectivity index is 2.51. The monoisotopic (exact) mass is 286 g/mol. The number of rotatable bonds is 5. The van der Waals surface area contributed by atoms with E-state index < -0.39 is 10.0 Å². The number of nitrogen functional groups attached to an aromatic ring is 1. The van der Waals surface area contributed by atoms with E-state index in [1.807, 2.05) is 0 Å². The highest BCUT2D eigenvalue weighted by Gasteiger charge is 2.13. The van der Waals surface area contributed by atoms with Crippen molar-refractivity contribution in [2.75, 3.05) is 32.9 Å². The average molecular weight is 286 g/mol. The Morgan fingerprint density at radius 3 is 2.58 bits per heavy atom. The SMILES string of the molecule is CN(C)C(=O)NCCNS(=O)(=O)c1cccc(N)c1. The minimum atomic E-state index is -3.60. The topological polar surface area (TPSA) is 105 Å². The first kappa shape index (κ1) is 15.3. The number of hydrogen-bond acceptors (Lipinski definition) is 4. The van der Waals surface area contributed by atoms with E-state index in [1.54, 1.807) is 26.2 Å². The summed E-state index contributed by atoms with van der Waals surface area (Å²) < 4.78 is 26.1. The molecule has 0 spiro atoms. The van der Waals surface area contributed by atoms with Crippen molar-refractivity contribution in [2.45, 2.75) is 4.90 Å². The number of nitrogens with one attached hydrogen (secondary N) is 2. The standard InChI is InChI=1S/C11H18N4O3S/c1-15(2)11(16)13-6-7-14-19(17,18)10-5-3-4-9(12)8-10/h3-5,8,14H,6-7,12H2,1-2H3,(H,13,16). The van der Waals surface area contributed by atoms with Crippen LogP contribution in [0.5, 0.6) is 0 Å². The van der Waals surface area contributed by atoms with Gasteiger partial charge in [0.25, 0.3) is 0 Å². The molecule has 0 fully saturated rings. The Bertz CT molecular complexity index is 543. The quantitative estimate of drug-likeness (QED) is 0.516. The fraction of sp³-hybridized carbons (Fsp3) is 0.364. The number of benzene rings is 1. The van der Waals surface area contributed by atoms with E-state index in [2.05, 4.69) is 10.0 Å². The van der Waals surface area contributed by atoms with E-state index in [4.69, 9.17) is 5.73 Å². The molecule has 0 aliphatic heterocycles. The van der Waals surface area contributed by atoms with Gasteiger partial charge in [-0.15, -0.1) is 0 Å². The van der Waals surface area contributed by atoms with E-state index in [1.165, 1.54) is 17.0 Å². The van der Waals surface area contributed by atoms with Crippen molar-refractivity contribution in [3.8, 4) is 0 Å². The third-order valence-corrected chi connectivity index (χ3v) is 3.73. The van der Waals surface area contributed by atoms with Gasteiger partial charge in [-0.2, -0.15) is 0 Å². The van der Waals surface area contributed by atoms with Crippen LogP contribution in [0.1, 0.15) is 0 Å². The summed E-state index contributed by atoms with van der Waals surface area (Å²) in [5.41, 5.74) is 5.91. The molecule has 2 amide bonds. The highest BCUT2D eigenvalue weighted by atomic mass is 32.2. The maximum absolute atomic E-state index is 11.9. The summed E-state index contributed by atoms with van der Waals surface area (Å²) in [6, 6.07) is 5.73. The minimum Gasteiger partial charge on any atom is -0.399 e. The van der Waals surface area contributed by atoms with E-state index in [9.17, 15) is 13.2 Å².